The van der Waals surface area contributed by atoms with E-state index in [2.05, 4.69) is 4.72 Å². The average molecular weight is 394 g/mol. The first kappa shape index (κ1) is 20.7. The molecule has 0 saturated heterocycles. The number of ether oxygens (including phenoxy) is 1. The summed E-state index contributed by atoms with van der Waals surface area (Å²) >= 11 is 0. The zero-order valence-corrected chi connectivity index (χ0v) is 16.1. The normalized spacial score (nSPS) is 11.1. The second-order valence-corrected chi connectivity index (χ2v) is 7.76. The van der Waals surface area contributed by atoms with Crippen molar-refractivity contribution < 1.29 is 22.3 Å². The molecule has 0 radical (unpaired) electrons. The van der Waals surface area contributed by atoms with Crippen LogP contribution in [0.1, 0.15) is 19.4 Å². The molecule has 8 heteroatoms. The first-order chi connectivity index (χ1) is 12.8. The molecule has 0 fully saturated rings. The quantitative estimate of drug-likeness (QED) is 0.709. The van der Waals surface area contributed by atoms with Gasteiger partial charge in [0, 0.05) is 20.0 Å². The summed E-state index contributed by atoms with van der Waals surface area (Å²) in [5, 5.41) is 0. The lowest BCUT2D eigenvalue weighted by Crippen LogP contribution is -2.28. The Labute approximate surface area is 159 Å². The monoisotopic (exact) mass is 394 g/mol. The summed E-state index contributed by atoms with van der Waals surface area (Å²) in [4.78, 5) is 13.2. The SMILES string of the molecule is CCN(Cc1ccccc1NS(=O)(=O)CCOc1ccc(F)cc1)C(C)=O. The second kappa shape index (κ2) is 9.36. The van der Waals surface area contributed by atoms with Crippen LogP contribution in [0.3, 0.4) is 0 Å². The van der Waals surface area contributed by atoms with Crippen molar-refractivity contribution in [3.05, 3.63) is 59.9 Å². The summed E-state index contributed by atoms with van der Waals surface area (Å²) in [7, 11) is -3.65. The third-order valence-corrected chi connectivity index (χ3v) is 5.14. The van der Waals surface area contributed by atoms with E-state index in [0.29, 0.717) is 30.1 Å². The minimum absolute atomic E-state index is 0.0718. The van der Waals surface area contributed by atoms with Gasteiger partial charge in [-0.3, -0.25) is 9.52 Å². The number of nitrogens with zero attached hydrogens (tertiary/aromatic N) is 1. The lowest BCUT2D eigenvalue weighted by atomic mass is 10.1. The summed E-state index contributed by atoms with van der Waals surface area (Å²) in [6.45, 7) is 4.11. The van der Waals surface area contributed by atoms with Crippen LogP contribution in [-0.4, -0.2) is 38.1 Å². The van der Waals surface area contributed by atoms with E-state index >= 15 is 0 Å². The smallest absolute Gasteiger partial charge is 0.236 e. The highest BCUT2D eigenvalue weighted by atomic mass is 32.2. The maximum Gasteiger partial charge on any atom is 0.236 e. The third-order valence-electron chi connectivity index (χ3n) is 3.91. The topological polar surface area (TPSA) is 75.7 Å². The fraction of sp³-hybridized carbons (Fsp3) is 0.316. The molecule has 0 saturated carbocycles. The first-order valence-electron chi connectivity index (χ1n) is 8.53. The van der Waals surface area contributed by atoms with Crippen molar-refractivity contribution >= 4 is 21.6 Å². The Kier molecular flexibility index (Phi) is 7.18. The van der Waals surface area contributed by atoms with Crippen molar-refractivity contribution in [2.75, 3.05) is 23.6 Å². The number of anilines is 1. The van der Waals surface area contributed by atoms with Gasteiger partial charge in [0.2, 0.25) is 15.9 Å². The largest absolute Gasteiger partial charge is 0.492 e. The molecule has 0 spiro atoms. The highest BCUT2D eigenvalue weighted by Crippen LogP contribution is 2.19. The van der Waals surface area contributed by atoms with E-state index in [1.807, 2.05) is 6.92 Å². The van der Waals surface area contributed by atoms with E-state index in [9.17, 15) is 17.6 Å². The van der Waals surface area contributed by atoms with Crippen LogP contribution in [0.25, 0.3) is 0 Å². The van der Waals surface area contributed by atoms with Crippen molar-refractivity contribution in [3.8, 4) is 5.75 Å². The lowest BCUT2D eigenvalue weighted by Gasteiger charge is -2.21. The van der Waals surface area contributed by atoms with E-state index in [4.69, 9.17) is 4.74 Å². The lowest BCUT2D eigenvalue weighted by molar-refractivity contribution is -0.129. The molecule has 27 heavy (non-hydrogen) atoms. The molecule has 0 bridgehead atoms. The molecule has 0 aliphatic rings. The van der Waals surface area contributed by atoms with Crippen LogP contribution in [0.15, 0.2) is 48.5 Å². The van der Waals surface area contributed by atoms with Gasteiger partial charge in [0.1, 0.15) is 23.9 Å². The van der Waals surface area contributed by atoms with Crippen molar-refractivity contribution in [1.82, 2.24) is 4.90 Å². The number of nitrogens with one attached hydrogen (secondary N) is 1. The molecule has 0 unspecified atom stereocenters. The number of carbonyl (C=O) groups is 1. The molecular weight excluding hydrogens is 371 g/mol. The summed E-state index contributed by atoms with van der Waals surface area (Å²) in [6.07, 6.45) is 0. The number of hydrogen-bond acceptors (Lipinski definition) is 4. The zero-order valence-electron chi connectivity index (χ0n) is 15.3. The maximum absolute atomic E-state index is 12.9. The second-order valence-electron chi connectivity index (χ2n) is 5.91. The van der Waals surface area contributed by atoms with Gasteiger partial charge in [-0.25, -0.2) is 12.8 Å². The molecule has 0 aliphatic heterocycles. The third kappa shape index (κ3) is 6.56. The van der Waals surface area contributed by atoms with Crippen molar-refractivity contribution in [1.29, 1.82) is 0 Å². The molecule has 0 aliphatic carbocycles. The zero-order chi connectivity index (χ0) is 19.9. The molecule has 1 N–H and O–H groups in total. The molecule has 2 aromatic rings. The van der Waals surface area contributed by atoms with Crippen molar-refractivity contribution in [3.63, 3.8) is 0 Å². The Morgan fingerprint density at radius 1 is 1.15 bits per heavy atom. The van der Waals surface area contributed by atoms with Crippen LogP contribution in [0.2, 0.25) is 0 Å². The fourth-order valence-electron chi connectivity index (χ4n) is 2.43. The maximum atomic E-state index is 12.9. The number of hydrogen-bond donors (Lipinski definition) is 1. The number of carbonyl (C=O) groups excluding carboxylic acids is 1. The Morgan fingerprint density at radius 3 is 2.44 bits per heavy atom. The van der Waals surface area contributed by atoms with Crippen molar-refractivity contribution in [2.24, 2.45) is 0 Å². The minimum atomic E-state index is -3.65. The van der Waals surface area contributed by atoms with E-state index in [-0.39, 0.29) is 24.1 Å². The summed E-state index contributed by atoms with van der Waals surface area (Å²) < 4.78 is 45.5. The number of sulfonamides is 1. The van der Waals surface area contributed by atoms with Gasteiger partial charge in [-0.2, -0.15) is 0 Å². The van der Waals surface area contributed by atoms with Gasteiger partial charge in [-0.15, -0.1) is 0 Å². The van der Waals surface area contributed by atoms with Gasteiger partial charge in [0.05, 0.1) is 5.69 Å². The van der Waals surface area contributed by atoms with Gasteiger partial charge >= 0.3 is 0 Å². The Morgan fingerprint density at radius 2 is 1.81 bits per heavy atom. The molecular formula is C19H23FN2O4S. The molecule has 0 aromatic heterocycles. The fourth-order valence-corrected chi connectivity index (χ4v) is 3.37. The molecule has 6 nitrogen and oxygen atoms in total. The first-order valence-corrected chi connectivity index (χ1v) is 10.2. The molecule has 146 valence electrons. The van der Waals surface area contributed by atoms with Crippen LogP contribution in [0.4, 0.5) is 10.1 Å². The van der Waals surface area contributed by atoms with Crippen LogP contribution in [-0.2, 0) is 21.4 Å². The summed E-state index contributed by atoms with van der Waals surface area (Å²) in [5.41, 5.74) is 1.14. The standard InChI is InChI=1S/C19H23FN2O4S/c1-3-22(15(2)23)14-16-6-4-5-7-19(16)21-27(24,25)13-12-26-18-10-8-17(20)9-11-18/h4-11,21H,3,12-14H2,1-2H3. The van der Waals surface area contributed by atoms with Crippen LogP contribution >= 0.6 is 0 Å². The highest BCUT2D eigenvalue weighted by molar-refractivity contribution is 7.92. The molecule has 1 amide bonds. The molecule has 0 heterocycles. The highest BCUT2D eigenvalue weighted by Gasteiger charge is 2.15. The number of para-hydroxylation sites is 1. The van der Waals surface area contributed by atoms with Crippen LogP contribution in [0.5, 0.6) is 5.75 Å². The number of amides is 1. The number of rotatable bonds is 9. The Balaban J connectivity index is 2.00. The van der Waals surface area contributed by atoms with Crippen LogP contribution < -0.4 is 9.46 Å². The van der Waals surface area contributed by atoms with E-state index in [0.717, 1.165) is 0 Å². The molecule has 0 atom stereocenters. The minimum Gasteiger partial charge on any atom is -0.492 e. The molecule has 2 aromatic carbocycles. The summed E-state index contributed by atoms with van der Waals surface area (Å²) in [6, 6.07) is 12.3. The van der Waals surface area contributed by atoms with E-state index in [1.165, 1.54) is 31.2 Å². The Hall–Kier alpha value is -2.61. The van der Waals surface area contributed by atoms with Gasteiger partial charge in [-0.05, 0) is 42.8 Å². The summed E-state index contributed by atoms with van der Waals surface area (Å²) in [5.74, 6) is -0.335. The van der Waals surface area contributed by atoms with Gasteiger partial charge in [-0.1, -0.05) is 18.2 Å². The number of benzene rings is 2. The molecule has 2 rings (SSSR count). The van der Waals surface area contributed by atoms with Gasteiger partial charge in [0.15, 0.2) is 0 Å². The van der Waals surface area contributed by atoms with Crippen LogP contribution in [0, 0.1) is 5.82 Å². The predicted octanol–water partition coefficient (Wildman–Crippen LogP) is 3.01. The number of halogens is 1. The van der Waals surface area contributed by atoms with Gasteiger partial charge in [0.25, 0.3) is 0 Å². The van der Waals surface area contributed by atoms with E-state index in [1.54, 1.807) is 29.2 Å². The average Bonchev–Trinajstić information content (AvgIpc) is 2.62. The van der Waals surface area contributed by atoms with Gasteiger partial charge < -0.3 is 9.64 Å². The Bertz CT molecular complexity index is 870. The van der Waals surface area contributed by atoms with E-state index < -0.39 is 10.0 Å². The van der Waals surface area contributed by atoms with Crippen molar-refractivity contribution in [2.45, 2.75) is 20.4 Å². The predicted molar refractivity (Wildman–Crippen MR) is 103 cm³/mol.